The molecule has 114 valence electrons. The van der Waals surface area contributed by atoms with Gasteiger partial charge in [-0.15, -0.1) is 0 Å². The van der Waals surface area contributed by atoms with Crippen molar-refractivity contribution in [2.45, 2.75) is 0 Å². The maximum atomic E-state index is 10.6. The molecule has 0 saturated heterocycles. The van der Waals surface area contributed by atoms with E-state index < -0.39 is 4.92 Å². The van der Waals surface area contributed by atoms with Crippen LogP contribution in [0.3, 0.4) is 0 Å². The number of nitro groups is 1. The Kier molecular flexibility index (Phi) is 4.10. The van der Waals surface area contributed by atoms with Gasteiger partial charge in [0.25, 0.3) is 5.69 Å². The molecular formula is C16H13N5O2. The van der Waals surface area contributed by atoms with E-state index in [-0.39, 0.29) is 5.69 Å². The van der Waals surface area contributed by atoms with E-state index in [9.17, 15) is 10.1 Å². The van der Waals surface area contributed by atoms with Crippen LogP contribution >= 0.6 is 0 Å². The van der Waals surface area contributed by atoms with E-state index in [1.165, 1.54) is 12.1 Å². The predicted molar refractivity (Wildman–Crippen MR) is 87.9 cm³/mol. The van der Waals surface area contributed by atoms with Gasteiger partial charge in [0.05, 0.1) is 28.7 Å². The number of hydrogen-bond donors (Lipinski definition) is 1. The molecule has 1 aromatic heterocycles. The fourth-order valence-corrected chi connectivity index (χ4v) is 1.96. The first kappa shape index (κ1) is 14.5. The van der Waals surface area contributed by atoms with Crippen molar-refractivity contribution < 1.29 is 4.92 Å². The Morgan fingerprint density at radius 2 is 1.87 bits per heavy atom. The summed E-state index contributed by atoms with van der Waals surface area (Å²) in [6.45, 7) is 0. The molecule has 2 aromatic carbocycles. The van der Waals surface area contributed by atoms with Gasteiger partial charge in [0.2, 0.25) is 0 Å². The third-order valence-corrected chi connectivity index (χ3v) is 3.11. The zero-order chi connectivity index (χ0) is 16.1. The van der Waals surface area contributed by atoms with Crippen LogP contribution in [0.4, 0.5) is 11.4 Å². The minimum atomic E-state index is -0.439. The molecule has 23 heavy (non-hydrogen) atoms. The van der Waals surface area contributed by atoms with Gasteiger partial charge in [-0.2, -0.15) is 10.2 Å². The van der Waals surface area contributed by atoms with Crippen molar-refractivity contribution in [3.63, 3.8) is 0 Å². The van der Waals surface area contributed by atoms with Crippen LogP contribution < -0.4 is 5.43 Å². The van der Waals surface area contributed by atoms with Crippen molar-refractivity contribution in [1.82, 2.24) is 9.78 Å². The van der Waals surface area contributed by atoms with Crippen molar-refractivity contribution in [3.05, 3.63) is 82.7 Å². The summed E-state index contributed by atoms with van der Waals surface area (Å²) in [6.07, 6.45) is 5.19. The van der Waals surface area contributed by atoms with Gasteiger partial charge in [-0.25, -0.2) is 4.68 Å². The molecule has 1 heterocycles. The summed E-state index contributed by atoms with van der Waals surface area (Å²) < 4.78 is 1.76. The van der Waals surface area contributed by atoms with Gasteiger partial charge in [-0.05, 0) is 24.3 Å². The van der Waals surface area contributed by atoms with Gasteiger partial charge in [0.15, 0.2) is 0 Å². The number of hydrogen-bond acceptors (Lipinski definition) is 5. The Labute approximate surface area is 132 Å². The van der Waals surface area contributed by atoms with Crippen molar-refractivity contribution >= 4 is 17.6 Å². The summed E-state index contributed by atoms with van der Waals surface area (Å²) in [6, 6.07) is 15.8. The van der Waals surface area contributed by atoms with Crippen molar-refractivity contribution in [3.8, 4) is 5.69 Å². The van der Waals surface area contributed by atoms with Crippen LogP contribution in [-0.2, 0) is 0 Å². The van der Waals surface area contributed by atoms with E-state index in [1.54, 1.807) is 29.2 Å². The van der Waals surface area contributed by atoms with Gasteiger partial charge < -0.3 is 0 Å². The van der Waals surface area contributed by atoms with Crippen LogP contribution in [0.1, 0.15) is 5.56 Å². The molecule has 0 unspecified atom stereocenters. The normalized spacial score (nSPS) is 10.8. The smallest absolute Gasteiger partial charge is 0.269 e. The summed E-state index contributed by atoms with van der Waals surface area (Å²) in [5.41, 5.74) is 5.34. The maximum Gasteiger partial charge on any atom is 0.269 e. The molecule has 0 aliphatic heterocycles. The summed E-state index contributed by atoms with van der Waals surface area (Å²) in [4.78, 5) is 10.1. The highest BCUT2D eigenvalue weighted by Crippen LogP contribution is 2.15. The predicted octanol–water partition coefficient (Wildman–Crippen LogP) is 3.23. The van der Waals surface area contributed by atoms with Crippen molar-refractivity contribution in [2.24, 2.45) is 5.10 Å². The monoisotopic (exact) mass is 307 g/mol. The SMILES string of the molecule is O=[N+]([O-])c1ccc(N/N=C\c2cnn(-c3ccccc3)c2)cc1. The van der Waals surface area contributed by atoms with E-state index in [1.807, 2.05) is 36.5 Å². The minimum absolute atomic E-state index is 0.0451. The van der Waals surface area contributed by atoms with E-state index in [0.717, 1.165) is 11.3 Å². The Morgan fingerprint density at radius 1 is 1.13 bits per heavy atom. The molecule has 1 N–H and O–H groups in total. The number of rotatable bonds is 5. The maximum absolute atomic E-state index is 10.6. The first-order valence-electron chi connectivity index (χ1n) is 6.86. The minimum Gasteiger partial charge on any atom is -0.278 e. The van der Waals surface area contributed by atoms with E-state index in [2.05, 4.69) is 15.6 Å². The van der Waals surface area contributed by atoms with Gasteiger partial charge in [-0.1, -0.05) is 18.2 Å². The molecule has 0 saturated carbocycles. The quantitative estimate of drug-likeness (QED) is 0.445. The molecule has 3 aromatic rings. The second-order valence-corrected chi connectivity index (χ2v) is 4.73. The van der Waals surface area contributed by atoms with Crippen LogP contribution in [0.15, 0.2) is 72.1 Å². The number of hydrazone groups is 1. The molecule has 0 bridgehead atoms. The number of anilines is 1. The van der Waals surface area contributed by atoms with E-state index >= 15 is 0 Å². The van der Waals surface area contributed by atoms with Crippen molar-refractivity contribution in [1.29, 1.82) is 0 Å². The zero-order valence-electron chi connectivity index (χ0n) is 12.0. The molecule has 0 amide bonds. The fraction of sp³-hybridized carbons (Fsp3) is 0. The lowest BCUT2D eigenvalue weighted by atomic mass is 10.3. The summed E-state index contributed by atoms with van der Waals surface area (Å²) in [5.74, 6) is 0. The molecule has 0 aliphatic carbocycles. The average Bonchev–Trinajstić information content (AvgIpc) is 3.05. The Morgan fingerprint density at radius 3 is 2.57 bits per heavy atom. The van der Waals surface area contributed by atoms with Crippen LogP contribution in [0, 0.1) is 10.1 Å². The van der Waals surface area contributed by atoms with E-state index in [0.29, 0.717) is 5.69 Å². The number of non-ortho nitro benzene ring substituents is 1. The van der Waals surface area contributed by atoms with Gasteiger partial charge in [0.1, 0.15) is 0 Å². The highest BCUT2D eigenvalue weighted by atomic mass is 16.6. The molecular weight excluding hydrogens is 294 g/mol. The van der Waals surface area contributed by atoms with Crippen LogP contribution in [0.5, 0.6) is 0 Å². The van der Waals surface area contributed by atoms with Crippen molar-refractivity contribution in [2.75, 3.05) is 5.43 Å². The first-order valence-corrected chi connectivity index (χ1v) is 6.86. The number of nitro benzene ring substituents is 1. The second kappa shape index (κ2) is 6.52. The molecule has 7 nitrogen and oxygen atoms in total. The third kappa shape index (κ3) is 3.59. The van der Waals surface area contributed by atoms with Gasteiger partial charge >= 0.3 is 0 Å². The number of aromatic nitrogens is 2. The Bertz CT molecular complexity index is 825. The topological polar surface area (TPSA) is 85.3 Å². The summed E-state index contributed by atoms with van der Waals surface area (Å²) in [5, 5.41) is 18.9. The Hall–Kier alpha value is -3.48. The largest absolute Gasteiger partial charge is 0.278 e. The molecule has 0 spiro atoms. The summed E-state index contributed by atoms with van der Waals surface area (Å²) >= 11 is 0. The average molecular weight is 307 g/mol. The number of nitrogens with zero attached hydrogens (tertiary/aromatic N) is 4. The lowest BCUT2D eigenvalue weighted by Crippen LogP contribution is -1.93. The number of benzene rings is 2. The lowest BCUT2D eigenvalue weighted by molar-refractivity contribution is -0.384. The second-order valence-electron chi connectivity index (χ2n) is 4.73. The first-order chi connectivity index (χ1) is 11.2. The summed E-state index contributed by atoms with van der Waals surface area (Å²) in [7, 11) is 0. The Balaban J connectivity index is 1.64. The molecule has 7 heteroatoms. The molecule has 3 rings (SSSR count). The number of nitrogens with one attached hydrogen (secondary N) is 1. The number of para-hydroxylation sites is 1. The lowest BCUT2D eigenvalue weighted by Gasteiger charge is -1.99. The standard InChI is InChI=1S/C16H13N5O2/c22-21(23)16-8-6-14(7-9-16)19-17-10-13-11-18-20(12-13)15-4-2-1-3-5-15/h1-12,19H/b17-10-. The van der Waals surface area contributed by atoms with E-state index in [4.69, 9.17) is 0 Å². The molecule has 0 fully saturated rings. The van der Waals surface area contributed by atoms with Crippen LogP contribution in [-0.4, -0.2) is 20.9 Å². The molecule has 0 aliphatic rings. The zero-order valence-corrected chi connectivity index (χ0v) is 12.0. The highest BCUT2D eigenvalue weighted by Gasteiger charge is 2.03. The van der Waals surface area contributed by atoms with Gasteiger partial charge in [-0.3, -0.25) is 15.5 Å². The highest BCUT2D eigenvalue weighted by molar-refractivity contribution is 5.79. The molecule has 0 atom stereocenters. The van der Waals surface area contributed by atoms with Gasteiger partial charge in [0, 0.05) is 23.9 Å². The molecule has 0 radical (unpaired) electrons. The van der Waals surface area contributed by atoms with Crippen LogP contribution in [0.25, 0.3) is 5.69 Å². The van der Waals surface area contributed by atoms with Crippen LogP contribution in [0.2, 0.25) is 0 Å². The fourth-order valence-electron chi connectivity index (χ4n) is 1.96. The third-order valence-electron chi connectivity index (χ3n) is 3.11.